The van der Waals surface area contributed by atoms with Gasteiger partial charge >= 0.3 is 12.1 Å². The number of hydrogen-bond acceptors (Lipinski definition) is 4. The van der Waals surface area contributed by atoms with Crippen LogP contribution in [0, 0.1) is 0 Å². The van der Waals surface area contributed by atoms with Crippen molar-refractivity contribution in [1.82, 2.24) is 10.2 Å². The van der Waals surface area contributed by atoms with Crippen molar-refractivity contribution in [3.05, 3.63) is 59.7 Å². The Balaban J connectivity index is 1.38. The van der Waals surface area contributed by atoms with Crippen LogP contribution >= 0.6 is 0 Å². The first-order chi connectivity index (χ1) is 16.5. The number of likely N-dealkylation sites (tertiary alicyclic amines) is 1. The molecular weight excluding hydrogens is 432 g/mol. The number of piperidine rings is 1. The number of fused-ring (bicyclic) bond motifs is 3. The first kappa shape index (κ1) is 23.8. The molecule has 2 atom stereocenters. The number of ether oxygens (including phenoxy) is 1. The molecule has 4 rings (SSSR count). The smallest absolute Gasteiger partial charge is 0.407 e. The molecule has 2 aromatic rings. The summed E-state index contributed by atoms with van der Waals surface area (Å²) in [6, 6.07) is 15.5. The second-order valence-corrected chi connectivity index (χ2v) is 9.04. The largest absolute Gasteiger partial charge is 0.481 e. The van der Waals surface area contributed by atoms with E-state index >= 15 is 0 Å². The van der Waals surface area contributed by atoms with E-state index in [-0.39, 0.29) is 30.9 Å². The lowest BCUT2D eigenvalue weighted by Gasteiger charge is -2.37. The van der Waals surface area contributed by atoms with Crippen molar-refractivity contribution in [3.8, 4) is 11.1 Å². The Bertz CT molecular complexity index is 1010. The Morgan fingerprint density at radius 3 is 2.32 bits per heavy atom. The summed E-state index contributed by atoms with van der Waals surface area (Å²) in [7, 11) is 0. The second-order valence-electron chi connectivity index (χ2n) is 9.04. The molecule has 1 unspecified atom stereocenters. The number of amides is 2. The van der Waals surface area contributed by atoms with E-state index in [1.165, 1.54) is 0 Å². The number of aliphatic carboxylic acids is 1. The van der Waals surface area contributed by atoms with Crippen LogP contribution < -0.4 is 5.32 Å². The monoisotopic (exact) mass is 464 g/mol. The van der Waals surface area contributed by atoms with Crippen molar-refractivity contribution in [2.24, 2.45) is 0 Å². The highest BCUT2D eigenvalue weighted by molar-refractivity contribution is 5.86. The Labute approximate surface area is 200 Å². The third-order valence-electron chi connectivity index (χ3n) is 6.94. The zero-order valence-corrected chi connectivity index (χ0v) is 19.5. The molecule has 2 amide bonds. The van der Waals surface area contributed by atoms with Gasteiger partial charge in [-0.3, -0.25) is 9.59 Å². The third-order valence-corrected chi connectivity index (χ3v) is 6.94. The van der Waals surface area contributed by atoms with Gasteiger partial charge in [-0.15, -0.1) is 0 Å². The standard InChI is InChI=1S/C27H32N2O5/c1-2-24(26(32)29-16-8-7-9-18(29)14-15-25(30)31)28-27(33)34-17-23-21-12-5-3-10-19(21)20-11-4-6-13-22(20)23/h3-6,10-13,18,23-24H,2,7-9,14-17H2,1H3,(H,28,33)(H,30,31)/t18?,24-/m1/s1. The fourth-order valence-corrected chi connectivity index (χ4v) is 5.20. The molecule has 1 saturated heterocycles. The number of nitrogens with zero attached hydrogens (tertiary/aromatic N) is 1. The molecule has 1 heterocycles. The van der Waals surface area contributed by atoms with E-state index in [0.29, 0.717) is 19.4 Å². The van der Waals surface area contributed by atoms with Gasteiger partial charge in [0.25, 0.3) is 0 Å². The molecule has 34 heavy (non-hydrogen) atoms. The van der Waals surface area contributed by atoms with E-state index in [4.69, 9.17) is 9.84 Å². The third kappa shape index (κ3) is 5.08. The van der Waals surface area contributed by atoms with Crippen molar-refractivity contribution in [2.45, 2.75) is 63.5 Å². The first-order valence-corrected chi connectivity index (χ1v) is 12.1. The van der Waals surface area contributed by atoms with Gasteiger partial charge in [-0.05, 0) is 54.4 Å². The van der Waals surface area contributed by atoms with E-state index in [1.807, 2.05) is 31.2 Å². The van der Waals surface area contributed by atoms with Crippen LogP contribution in [0.5, 0.6) is 0 Å². The number of carboxylic acid groups (broad SMARTS) is 1. The van der Waals surface area contributed by atoms with Crippen LogP contribution in [0.3, 0.4) is 0 Å². The lowest BCUT2D eigenvalue weighted by atomic mass is 9.96. The van der Waals surface area contributed by atoms with E-state index in [0.717, 1.165) is 41.5 Å². The van der Waals surface area contributed by atoms with E-state index in [9.17, 15) is 14.4 Å². The van der Waals surface area contributed by atoms with Crippen molar-refractivity contribution < 1.29 is 24.2 Å². The van der Waals surface area contributed by atoms with Gasteiger partial charge in [0.15, 0.2) is 0 Å². The Morgan fingerprint density at radius 2 is 1.71 bits per heavy atom. The molecule has 0 bridgehead atoms. The van der Waals surface area contributed by atoms with Crippen molar-refractivity contribution in [3.63, 3.8) is 0 Å². The van der Waals surface area contributed by atoms with Gasteiger partial charge in [-0.2, -0.15) is 0 Å². The predicted octanol–water partition coefficient (Wildman–Crippen LogP) is 4.55. The summed E-state index contributed by atoms with van der Waals surface area (Å²) in [6.07, 6.45) is 2.95. The number of carbonyl (C=O) groups excluding carboxylic acids is 2. The quantitative estimate of drug-likeness (QED) is 0.598. The first-order valence-electron chi connectivity index (χ1n) is 12.1. The number of alkyl carbamates (subject to hydrolysis) is 1. The lowest BCUT2D eigenvalue weighted by molar-refractivity contribution is -0.141. The van der Waals surface area contributed by atoms with Gasteiger partial charge < -0.3 is 20.1 Å². The van der Waals surface area contributed by atoms with Crippen molar-refractivity contribution >= 4 is 18.0 Å². The number of carboxylic acids is 1. The summed E-state index contributed by atoms with van der Waals surface area (Å²) in [4.78, 5) is 38.7. The summed E-state index contributed by atoms with van der Waals surface area (Å²) >= 11 is 0. The Hall–Kier alpha value is -3.35. The van der Waals surface area contributed by atoms with Crippen molar-refractivity contribution in [1.29, 1.82) is 0 Å². The SMILES string of the molecule is CC[C@@H](NC(=O)OCC1c2ccccc2-c2ccccc21)C(=O)N1CCCCC1CCC(=O)O. The van der Waals surface area contributed by atoms with Crippen LogP contribution in [0.25, 0.3) is 11.1 Å². The van der Waals surface area contributed by atoms with Gasteiger partial charge in [0.1, 0.15) is 12.6 Å². The maximum absolute atomic E-state index is 13.2. The van der Waals surface area contributed by atoms with E-state index in [2.05, 4.69) is 29.6 Å². The fraction of sp³-hybridized carbons (Fsp3) is 0.444. The molecule has 2 aliphatic rings. The molecule has 1 aliphatic carbocycles. The van der Waals surface area contributed by atoms with Crippen molar-refractivity contribution in [2.75, 3.05) is 13.2 Å². The van der Waals surface area contributed by atoms with Crippen LogP contribution in [0.15, 0.2) is 48.5 Å². The average molecular weight is 465 g/mol. The molecule has 0 radical (unpaired) electrons. The number of rotatable bonds is 8. The molecule has 1 fully saturated rings. The van der Waals surface area contributed by atoms with Crippen LogP contribution in [-0.2, 0) is 14.3 Å². The molecule has 2 N–H and O–H groups in total. The summed E-state index contributed by atoms with van der Waals surface area (Å²) in [6.45, 7) is 2.63. The molecule has 1 aliphatic heterocycles. The molecule has 0 saturated carbocycles. The van der Waals surface area contributed by atoms with Gasteiger partial charge in [0, 0.05) is 24.9 Å². The molecule has 7 heteroatoms. The van der Waals surface area contributed by atoms with Gasteiger partial charge in [-0.25, -0.2) is 4.79 Å². The second kappa shape index (κ2) is 10.7. The molecule has 180 valence electrons. The lowest BCUT2D eigenvalue weighted by Crippen LogP contribution is -2.53. The minimum atomic E-state index is -0.859. The molecule has 0 spiro atoms. The molecule has 2 aromatic carbocycles. The van der Waals surface area contributed by atoms with E-state index < -0.39 is 18.1 Å². The summed E-state index contributed by atoms with van der Waals surface area (Å²) < 4.78 is 5.62. The minimum Gasteiger partial charge on any atom is -0.481 e. The minimum absolute atomic E-state index is 0.0328. The maximum Gasteiger partial charge on any atom is 0.407 e. The number of nitrogens with one attached hydrogen (secondary N) is 1. The Kier molecular flexibility index (Phi) is 7.50. The van der Waals surface area contributed by atoms with Crippen LogP contribution in [0.4, 0.5) is 4.79 Å². The molecule has 0 aromatic heterocycles. The van der Waals surface area contributed by atoms with Gasteiger partial charge in [0.2, 0.25) is 5.91 Å². The highest BCUT2D eigenvalue weighted by atomic mass is 16.5. The summed E-state index contributed by atoms with van der Waals surface area (Å²) in [5.74, 6) is -1.07. The van der Waals surface area contributed by atoms with Crippen LogP contribution in [0.2, 0.25) is 0 Å². The topological polar surface area (TPSA) is 95.9 Å². The van der Waals surface area contributed by atoms with Gasteiger partial charge in [0.05, 0.1) is 0 Å². The highest BCUT2D eigenvalue weighted by Crippen LogP contribution is 2.44. The zero-order valence-electron chi connectivity index (χ0n) is 19.5. The fourth-order valence-electron chi connectivity index (χ4n) is 5.20. The summed E-state index contributed by atoms with van der Waals surface area (Å²) in [5.41, 5.74) is 4.58. The normalized spacial score (nSPS) is 18.0. The van der Waals surface area contributed by atoms with E-state index in [1.54, 1.807) is 4.90 Å². The number of benzene rings is 2. The number of carbonyl (C=O) groups is 3. The Morgan fingerprint density at radius 1 is 1.06 bits per heavy atom. The van der Waals surface area contributed by atoms with Crippen LogP contribution in [-0.4, -0.2) is 53.2 Å². The average Bonchev–Trinajstić information content (AvgIpc) is 3.18. The number of hydrogen-bond donors (Lipinski definition) is 2. The zero-order chi connectivity index (χ0) is 24.1. The summed E-state index contributed by atoms with van der Waals surface area (Å²) in [5, 5.41) is 11.8. The maximum atomic E-state index is 13.2. The predicted molar refractivity (Wildman–Crippen MR) is 129 cm³/mol. The highest BCUT2D eigenvalue weighted by Gasteiger charge is 2.33. The van der Waals surface area contributed by atoms with Crippen LogP contribution in [0.1, 0.15) is 62.5 Å². The van der Waals surface area contributed by atoms with Gasteiger partial charge in [-0.1, -0.05) is 55.5 Å². The molecular formula is C27H32N2O5. The molecule has 7 nitrogen and oxygen atoms in total.